The van der Waals surface area contributed by atoms with Gasteiger partial charge in [-0.15, -0.1) is 11.3 Å². The number of aromatic nitrogens is 3. The van der Waals surface area contributed by atoms with Crippen molar-refractivity contribution in [1.29, 1.82) is 0 Å². The quantitative estimate of drug-likeness (QED) is 0.656. The lowest BCUT2D eigenvalue weighted by atomic mass is 10.1. The fourth-order valence-electron chi connectivity index (χ4n) is 2.85. The first-order valence-corrected chi connectivity index (χ1v) is 8.00. The Bertz CT molecular complexity index is 555. The zero-order chi connectivity index (χ0) is 13.9. The highest BCUT2D eigenvalue weighted by atomic mass is 32.1. The smallest absolute Gasteiger partial charge is 0.0897 e. The summed E-state index contributed by atoms with van der Waals surface area (Å²) < 4.78 is 2.13. The molecule has 0 aromatic carbocycles. The van der Waals surface area contributed by atoms with Gasteiger partial charge < -0.3 is 0 Å². The molecule has 0 spiro atoms. The zero-order valence-corrected chi connectivity index (χ0v) is 12.6. The van der Waals surface area contributed by atoms with Crippen LogP contribution in [0.1, 0.15) is 53.3 Å². The predicted molar refractivity (Wildman–Crippen MR) is 80.4 cm³/mol. The largest absolute Gasteiger partial charge is 0.271 e. The number of nitrogens with zero attached hydrogens (tertiary/aromatic N) is 3. The van der Waals surface area contributed by atoms with Crippen LogP contribution >= 0.6 is 11.3 Å². The van der Waals surface area contributed by atoms with Crippen molar-refractivity contribution in [2.75, 3.05) is 0 Å². The third-order valence-electron chi connectivity index (χ3n) is 3.96. The van der Waals surface area contributed by atoms with Crippen molar-refractivity contribution in [3.8, 4) is 0 Å². The van der Waals surface area contributed by atoms with E-state index in [1.807, 2.05) is 13.1 Å². The van der Waals surface area contributed by atoms with Crippen molar-refractivity contribution < 1.29 is 0 Å². The average molecular weight is 291 g/mol. The summed E-state index contributed by atoms with van der Waals surface area (Å²) in [4.78, 5) is 5.46. The van der Waals surface area contributed by atoms with E-state index in [0.717, 1.165) is 17.1 Å². The molecule has 1 unspecified atom stereocenters. The summed E-state index contributed by atoms with van der Waals surface area (Å²) in [6, 6.07) is 2.79. The van der Waals surface area contributed by atoms with Crippen molar-refractivity contribution in [2.45, 2.75) is 51.1 Å². The van der Waals surface area contributed by atoms with Gasteiger partial charge in [0.15, 0.2) is 0 Å². The van der Waals surface area contributed by atoms with Gasteiger partial charge in [0.25, 0.3) is 0 Å². The second-order valence-corrected chi connectivity index (χ2v) is 6.70. The van der Waals surface area contributed by atoms with E-state index < -0.39 is 0 Å². The van der Waals surface area contributed by atoms with Gasteiger partial charge in [-0.25, -0.2) is 4.98 Å². The van der Waals surface area contributed by atoms with Gasteiger partial charge in [-0.1, -0.05) is 12.8 Å². The molecule has 0 radical (unpaired) electrons. The summed E-state index contributed by atoms with van der Waals surface area (Å²) in [5.41, 5.74) is 3.97. The number of hydrogen-bond acceptors (Lipinski definition) is 5. The van der Waals surface area contributed by atoms with Crippen molar-refractivity contribution >= 4 is 11.3 Å². The molecule has 0 aliphatic heterocycles. The first-order chi connectivity index (χ1) is 9.76. The number of aryl methyl sites for hydroxylation is 1. The van der Waals surface area contributed by atoms with Gasteiger partial charge in [0.2, 0.25) is 0 Å². The lowest BCUT2D eigenvalue weighted by molar-refractivity contribution is 0.458. The lowest BCUT2D eigenvalue weighted by Crippen LogP contribution is -2.29. The van der Waals surface area contributed by atoms with E-state index in [1.54, 1.807) is 11.3 Å². The molecule has 0 saturated heterocycles. The third-order valence-corrected chi connectivity index (χ3v) is 4.99. The summed E-state index contributed by atoms with van der Waals surface area (Å²) >= 11 is 1.68. The molecular formula is C14H21N5S. The van der Waals surface area contributed by atoms with Crippen LogP contribution in [0.2, 0.25) is 0 Å². The minimum Gasteiger partial charge on any atom is -0.271 e. The Morgan fingerprint density at radius 3 is 2.95 bits per heavy atom. The van der Waals surface area contributed by atoms with E-state index in [-0.39, 0.29) is 6.04 Å². The maximum atomic E-state index is 5.69. The van der Waals surface area contributed by atoms with Crippen molar-refractivity contribution in [3.05, 3.63) is 34.0 Å². The van der Waals surface area contributed by atoms with Gasteiger partial charge in [-0.05, 0) is 25.8 Å². The molecule has 2 aromatic heterocycles. The molecular weight excluding hydrogens is 270 g/mol. The minimum atomic E-state index is 0.0909. The highest BCUT2D eigenvalue weighted by molar-refractivity contribution is 7.11. The molecule has 0 bridgehead atoms. The van der Waals surface area contributed by atoms with Crippen LogP contribution in [0.15, 0.2) is 18.5 Å². The molecule has 3 rings (SSSR count). The SMILES string of the molecule is Cc1ncc(C(Cc2ccn(C3CCCC3)n2)NN)s1. The number of hydrazine groups is 1. The molecule has 6 heteroatoms. The van der Waals surface area contributed by atoms with Crippen LogP contribution in [-0.4, -0.2) is 14.8 Å². The van der Waals surface area contributed by atoms with E-state index in [4.69, 9.17) is 10.9 Å². The van der Waals surface area contributed by atoms with Gasteiger partial charge >= 0.3 is 0 Å². The molecule has 1 atom stereocenters. The van der Waals surface area contributed by atoms with E-state index in [1.165, 1.54) is 30.6 Å². The Hall–Kier alpha value is -1.24. The summed E-state index contributed by atoms with van der Waals surface area (Å²) in [6.07, 6.45) is 9.98. The van der Waals surface area contributed by atoms with E-state index in [9.17, 15) is 0 Å². The Morgan fingerprint density at radius 2 is 2.30 bits per heavy atom. The Kier molecular flexibility index (Phi) is 4.14. The molecule has 1 aliphatic rings. The number of rotatable bonds is 5. The highest BCUT2D eigenvalue weighted by Gasteiger charge is 2.19. The van der Waals surface area contributed by atoms with Crippen molar-refractivity contribution in [3.63, 3.8) is 0 Å². The van der Waals surface area contributed by atoms with Gasteiger partial charge in [0.05, 0.1) is 22.8 Å². The van der Waals surface area contributed by atoms with Crippen molar-refractivity contribution in [2.24, 2.45) is 5.84 Å². The standard InChI is InChI=1S/C14H21N5S/c1-10-16-9-14(20-10)13(17-15)8-11-6-7-19(18-11)12-4-2-3-5-12/h6-7,9,12-13,17H,2-5,8,15H2,1H3. The van der Waals surface area contributed by atoms with E-state index >= 15 is 0 Å². The maximum absolute atomic E-state index is 5.69. The van der Waals surface area contributed by atoms with Crippen LogP contribution in [0.5, 0.6) is 0 Å². The summed E-state index contributed by atoms with van der Waals surface area (Å²) in [5.74, 6) is 5.69. The molecule has 1 saturated carbocycles. The first kappa shape index (κ1) is 13.7. The van der Waals surface area contributed by atoms with Crippen LogP contribution in [0.3, 0.4) is 0 Å². The second kappa shape index (κ2) is 6.03. The molecule has 20 heavy (non-hydrogen) atoms. The van der Waals surface area contributed by atoms with Crippen molar-refractivity contribution in [1.82, 2.24) is 20.2 Å². The molecule has 3 N–H and O–H groups in total. The minimum absolute atomic E-state index is 0.0909. The normalized spacial score (nSPS) is 17.7. The number of nitrogens with one attached hydrogen (secondary N) is 1. The summed E-state index contributed by atoms with van der Waals surface area (Å²) in [5, 5.41) is 5.78. The molecule has 5 nitrogen and oxygen atoms in total. The molecule has 0 amide bonds. The lowest BCUT2D eigenvalue weighted by Gasteiger charge is -2.12. The van der Waals surface area contributed by atoms with Gasteiger partial charge in [-0.2, -0.15) is 5.10 Å². The van der Waals surface area contributed by atoms with Crippen LogP contribution in [0.4, 0.5) is 0 Å². The van der Waals surface area contributed by atoms with E-state index in [2.05, 4.69) is 27.4 Å². The fraction of sp³-hybridized carbons (Fsp3) is 0.571. The third kappa shape index (κ3) is 2.92. The Morgan fingerprint density at radius 1 is 1.50 bits per heavy atom. The van der Waals surface area contributed by atoms with Gasteiger partial charge in [-0.3, -0.25) is 16.0 Å². The van der Waals surface area contributed by atoms with Crippen LogP contribution in [-0.2, 0) is 6.42 Å². The van der Waals surface area contributed by atoms with Crippen LogP contribution in [0.25, 0.3) is 0 Å². The average Bonchev–Trinajstić information content (AvgIpc) is 3.16. The van der Waals surface area contributed by atoms with Gasteiger partial charge in [0.1, 0.15) is 0 Å². The van der Waals surface area contributed by atoms with Crippen LogP contribution < -0.4 is 11.3 Å². The number of nitrogens with two attached hydrogens (primary N) is 1. The number of hydrogen-bond donors (Lipinski definition) is 2. The first-order valence-electron chi connectivity index (χ1n) is 7.19. The topological polar surface area (TPSA) is 68.8 Å². The predicted octanol–water partition coefficient (Wildman–Crippen LogP) is 2.51. The summed E-state index contributed by atoms with van der Waals surface area (Å²) in [7, 11) is 0. The molecule has 2 aromatic rings. The zero-order valence-electron chi connectivity index (χ0n) is 11.7. The van der Waals surface area contributed by atoms with Gasteiger partial charge in [0, 0.05) is 23.7 Å². The van der Waals surface area contributed by atoms with E-state index in [0.29, 0.717) is 6.04 Å². The number of thiazole rings is 1. The monoisotopic (exact) mass is 291 g/mol. The van der Waals surface area contributed by atoms with Crippen LogP contribution in [0, 0.1) is 6.92 Å². The molecule has 1 aliphatic carbocycles. The Labute approximate surface area is 123 Å². The molecule has 108 valence electrons. The maximum Gasteiger partial charge on any atom is 0.0897 e. The molecule has 2 heterocycles. The second-order valence-electron chi connectivity index (χ2n) is 5.43. The fourth-order valence-corrected chi connectivity index (χ4v) is 3.69. The highest BCUT2D eigenvalue weighted by Crippen LogP contribution is 2.29. The summed E-state index contributed by atoms with van der Waals surface area (Å²) in [6.45, 7) is 2.01. The molecule has 1 fully saturated rings. The Balaban J connectivity index is 1.69.